The molecule has 0 amide bonds. The van der Waals surface area contributed by atoms with Crippen molar-refractivity contribution < 1.29 is 5.11 Å². The molecule has 2 rings (SSSR count). The van der Waals surface area contributed by atoms with E-state index in [-0.39, 0.29) is 12.0 Å². The van der Waals surface area contributed by atoms with Gasteiger partial charge in [-0.3, -0.25) is 4.99 Å². The number of hydrogen-bond acceptors (Lipinski definition) is 3. The van der Waals surface area contributed by atoms with E-state index in [0.29, 0.717) is 0 Å². The number of guanidine groups is 1. The molecule has 5 nitrogen and oxygen atoms in total. The maximum absolute atomic E-state index is 9.48. The van der Waals surface area contributed by atoms with Crippen molar-refractivity contribution in [1.82, 2.24) is 15.5 Å². The zero-order valence-electron chi connectivity index (χ0n) is 16.4. The van der Waals surface area contributed by atoms with Crippen LogP contribution >= 0.6 is 0 Å². The zero-order chi connectivity index (χ0) is 17.8. The van der Waals surface area contributed by atoms with Crippen LogP contribution in [0, 0.1) is 5.41 Å². The molecule has 25 heavy (non-hydrogen) atoms. The third-order valence-electron chi connectivity index (χ3n) is 5.89. The molecule has 0 aromatic heterocycles. The molecule has 1 aliphatic heterocycles. The Balaban J connectivity index is 1.81. The van der Waals surface area contributed by atoms with Gasteiger partial charge in [0.15, 0.2) is 5.96 Å². The summed E-state index contributed by atoms with van der Waals surface area (Å²) in [4.78, 5) is 7.48. The predicted molar refractivity (Wildman–Crippen MR) is 106 cm³/mol. The topological polar surface area (TPSA) is 59.9 Å². The molecule has 1 saturated carbocycles. The Hall–Kier alpha value is -0.810. The second kappa shape index (κ2) is 11.7. The van der Waals surface area contributed by atoms with Gasteiger partial charge in [-0.15, -0.1) is 0 Å². The van der Waals surface area contributed by atoms with Crippen molar-refractivity contribution in [2.45, 2.75) is 71.1 Å². The summed E-state index contributed by atoms with van der Waals surface area (Å²) in [6, 6.07) is 0. The van der Waals surface area contributed by atoms with Gasteiger partial charge in [0.2, 0.25) is 0 Å². The quantitative estimate of drug-likeness (QED) is 0.464. The number of nitrogens with zero attached hydrogens (tertiary/aromatic N) is 2. The summed E-state index contributed by atoms with van der Waals surface area (Å²) in [5, 5.41) is 16.4. The number of aliphatic imine (C=N–C) groups is 1. The average molecular weight is 353 g/mol. The first-order chi connectivity index (χ1) is 12.3. The molecule has 0 bridgehead atoms. The van der Waals surface area contributed by atoms with Crippen LogP contribution in [0.1, 0.15) is 71.1 Å². The minimum atomic E-state index is 0.222. The van der Waals surface area contributed by atoms with E-state index in [0.717, 1.165) is 38.6 Å². The maximum Gasteiger partial charge on any atom is 0.191 e. The number of nitrogens with one attached hydrogen (secondary N) is 2. The van der Waals surface area contributed by atoms with E-state index in [1.165, 1.54) is 70.9 Å². The van der Waals surface area contributed by atoms with Crippen LogP contribution in [-0.4, -0.2) is 61.8 Å². The van der Waals surface area contributed by atoms with Crippen molar-refractivity contribution in [3.05, 3.63) is 0 Å². The highest BCUT2D eigenvalue weighted by atomic mass is 16.3. The molecule has 5 heteroatoms. The van der Waals surface area contributed by atoms with Gasteiger partial charge >= 0.3 is 0 Å². The van der Waals surface area contributed by atoms with Gasteiger partial charge in [0, 0.05) is 32.8 Å². The number of aliphatic hydroxyl groups excluding tert-OH is 1. The minimum Gasteiger partial charge on any atom is -0.396 e. The largest absolute Gasteiger partial charge is 0.396 e. The second-order valence-electron chi connectivity index (χ2n) is 7.91. The number of rotatable bonds is 8. The SMILES string of the molecule is CCNC(=NCC1(CCO)CCCCC1)NCCN1CCCCCC1. The highest BCUT2D eigenvalue weighted by Gasteiger charge is 2.31. The lowest BCUT2D eigenvalue weighted by Crippen LogP contribution is -2.42. The van der Waals surface area contributed by atoms with E-state index in [1.807, 2.05) is 0 Å². The van der Waals surface area contributed by atoms with Crippen LogP contribution in [0.3, 0.4) is 0 Å². The van der Waals surface area contributed by atoms with E-state index in [2.05, 4.69) is 22.5 Å². The Bertz CT molecular complexity index is 366. The van der Waals surface area contributed by atoms with E-state index < -0.39 is 0 Å². The summed E-state index contributed by atoms with van der Waals surface area (Å²) in [5.74, 6) is 0.945. The normalized spacial score (nSPS) is 22.4. The summed E-state index contributed by atoms with van der Waals surface area (Å²) < 4.78 is 0. The van der Waals surface area contributed by atoms with E-state index in [1.54, 1.807) is 0 Å². The van der Waals surface area contributed by atoms with Crippen LogP contribution in [0.25, 0.3) is 0 Å². The highest BCUT2D eigenvalue weighted by Crippen LogP contribution is 2.39. The smallest absolute Gasteiger partial charge is 0.191 e. The molecule has 0 unspecified atom stereocenters. The van der Waals surface area contributed by atoms with Crippen LogP contribution in [0.15, 0.2) is 4.99 Å². The van der Waals surface area contributed by atoms with Gasteiger partial charge < -0.3 is 20.6 Å². The van der Waals surface area contributed by atoms with E-state index in [4.69, 9.17) is 4.99 Å². The Labute approximate surface area is 154 Å². The van der Waals surface area contributed by atoms with Gasteiger partial charge in [-0.2, -0.15) is 0 Å². The minimum absolute atomic E-state index is 0.222. The van der Waals surface area contributed by atoms with Crippen molar-refractivity contribution in [3.8, 4) is 0 Å². The van der Waals surface area contributed by atoms with Crippen LogP contribution in [0.2, 0.25) is 0 Å². The van der Waals surface area contributed by atoms with Crippen molar-refractivity contribution >= 4 is 5.96 Å². The highest BCUT2D eigenvalue weighted by molar-refractivity contribution is 5.79. The van der Waals surface area contributed by atoms with Gasteiger partial charge in [-0.05, 0) is 57.5 Å². The molecule has 1 heterocycles. The lowest BCUT2D eigenvalue weighted by molar-refractivity contribution is 0.137. The average Bonchev–Trinajstić information content (AvgIpc) is 2.90. The Morgan fingerprint density at radius 3 is 2.32 bits per heavy atom. The van der Waals surface area contributed by atoms with E-state index >= 15 is 0 Å². The van der Waals surface area contributed by atoms with Gasteiger partial charge in [0.1, 0.15) is 0 Å². The maximum atomic E-state index is 9.48. The fraction of sp³-hybridized carbons (Fsp3) is 0.950. The molecule has 3 N–H and O–H groups in total. The van der Waals surface area contributed by atoms with E-state index in [9.17, 15) is 5.11 Å². The van der Waals surface area contributed by atoms with Gasteiger partial charge in [-0.1, -0.05) is 32.1 Å². The molecule has 0 aromatic rings. The Morgan fingerprint density at radius 2 is 1.68 bits per heavy atom. The lowest BCUT2D eigenvalue weighted by atomic mass is 9.72. The van der Waals surface area contributed by atoms with Crippen LogP contribution < -0.4 is 10.6 Å². The van der Waals surface area contributed by atoms with Crippen molar-refractivity contribution in [3.63, 3.8) is 0 Å². The summed E-state index contributed by atoms with van der Waals surface area (Å²) in [7, 11) is 0. The Morgan fingerprint density at radius 1 is 1.00 bits per heavy atom. The van der Waals surface area contributed by atoms with Gasteiger partial charge in [0.25, 0.3) is 0 Å². The first-order valence-corrected chi connectivity index (χ1v) is 10.6. The van der Waals surface area contributed by atoms with Crippen LogP contribution in [0.5, 0.6) is 0 Å². The lowest BCUT2D eigenvalue weighted by Gasteiger charge is -2.35. The molecule has 0 aromatic carbocycles. The molecule has 146 valence electrons. The van der Waals surface area contributed by atoms with Crippen molar-refractivity contribution in [2.75, 3.05) is 45.9 Å². The summed E-state index contributed by atoms with van der Waals surface area (Å²) in [5.41, 5.74) is 0.222. The van der Waals surface area contributed by atoms with Crippen LogP contribution in [0.4, 0.5) is 0 Å². The molecular formula is C20H40N4O. The molecule has 1 aliphatic carbocycles. The molecule has 1 saturated heterocycles. The van der Waals surface area contributed by atoms with Crippen LogP contribution in [-0.2, 0) is 0 Å². The molecule has 2 aliphatic rings. The molecule has 0 atom stereocenters. The predicted octanol–water partition coefficient (Wildman–Crippen LogP) is 2.75. The molecular weight excluding hydrogens is 312 g/mol. The summed E-state index contributed by atoms with van der Waals surface area (Å²) >= 11 is 0. The first kappa shape index (κ1) is 20.5. The van der Waals surface area contributed by atoms with Crippen molar-refractivity contribution in [2.24, 2.45) is 10.4 Å². The summed E-state index contributed by atoms with van der Waals surface area (Å²) in [6.07, 6.45) is 12.7. The molecule has 0 spiro atoms. The second-order valence-corrected chi connectivity index (χ2v) is 7.91. The number of hydrogen-bond donors (Lipinski definition) is 3. The fourth-order valence-electron chi connectivity index (χ4n) is 4.31. The number of aliphatic hydroxyl groups is 1. The third-order valence-corrected chi connectivity index (χ3v) is 5.89. The zero-order valence-corrected chi connectivity index (χ0v) is 16.4. The molecule has 2 fully saturated rings. The monoisotopic (exact) mass is 352 g/mol. The third kappa shape index (κ3) is 7.53. The fourth-order valence-corrected chi connectivity index (χ4v) is 4.31. The standard InChI is InChI=1S/C20H40N4O/c1-2-21-19(22-13-16-24-14-8-3-4-9-15-24)23-18-20(12-17-25)10-6-5-7-11-20/h25H,2-18H2,1H3,(H2,21,22,23). The Kier molecular flexibility index (Phi) is 9.63. The first-order valence-electron chi connectivity index (χ1n) is 10.6. The number of likely N-dealkylation sites (tertiary alicyclic amines) is 1. The van der Waals surface area contributed by atoms with Gasteiger partial charge in [0.05, 0.1) is 0 Å². The summed E-state index contributed by atoms with van der Waals surface area (Å²) in [6.45, 7) is 8.69. The van der Waals surface area contributed by atoms with Crippen molar-refractivity contribution in [1.29, 1.82) is 0 Å². The molecule has 0 radical (unpaired) electrons. The van der Waals surface area contributed by atoms with Gasteiger partial charge in [-0.25, -0.2) is 0 Å².